The summed E-state index contributed by atoms with van der Waals surface area (Å²) in [6.45, 7) is 4.90. The highest BCUT2D eigenvalue weighted by Crippen LogP contribution is 2.19. The third-order valence-electron chi connectivity index (χ3n) is 5.50. The molecule has 0 aliphatic carbocycles. The lowest BCUT2D eigenvalue weighted by Crippen LogP contribution is -2.37. The van der Waals surface area contributed by atoms with Crippen molar-refractivity contribution in [2.75, 3.05) is 25.5 Å². The first-order chi connectivity index (χ1) is 16.7. The van der Waals surface area contributed by atoms with E-state index in [9.17, 15) is 19.2 Å². The normalized spacial score (nSPS) is 10.4. The summed E-state index contributed by atoms with van der Waals surface area (Å²) in [7, 11) is 1.45. The molecule has 7 heteroatoms. The van der Waals surface area contributed by atoms with Gasteiger partial charge in [0.05, 0.1) is 12.1 Å². The van der Waals surface area contributed by atoms with Gasteiger partial charge in [0.1, 0.15) is 0 Å². The lowest BCUT2D eigenvalue weighted by Gasteiger charge is -2.17. The SMILES string of the molecule is Cc1ccc(NC(=O)CN(C)C(=O)COC(=O)c2ccccc2C(=O)c2cc(C)ccc2C)cc1. The predicted molar refractivity (Wildman–Crippen MR) is 134 cm³/mol. The van der Waals surface area contributed by atoms with Crippen LogP contribution in [0, 0.1) is 20.8 Å². The smallest absolute Gasteiger partial charge is 0.339 e. The first-order valence-corrected chi connectivity index (χ1v) is 11.1. The molecule has 0 bridgehead atoms. The van der Waals surface area contributed by atoms with Gasteiger partial charge in [-0.2, -0.15) is 0 Å². The van der Waals surface area contributed by atoms with E-state index in [1.54, 1.807) is 36.4 Å². The largest absolute Gasteiger partial charge is 0.452 e. The van der Waals surface area contributed by atoms with Crippen LogP contribution < -0.4 is 5.32 Å². The summed E-state index contributed by atoms with van der Waals surface area (Å²) in [5.41, 5.74) is 4.19. The number of nitrogens with zero attached hydrogens (tertiary/aromatic N) is 1. The molecular formula is C28H28N2O5. The van der Waals surface area contributed by atoms with E-state index >= 15 is 0 Å². The molecule has 0 radical (unpaired) electrons. The van der Waals surface area contributed by atoms with Gasteiger partial charge in [-0.25, -0.2) is 4.79 Å². The molecule has 3 aromatic rings. The van der Waals surface area contributed by atoms with Gasteiger partial charge < -0.3 is 15.0 Å². The second-order valence-corrected chi connectivity index (χ2v) is 8.43. The van der Waals surface area contributed by atoms with Crippen LogP contribution in [0.1, 0.15) is 43.0 Å². The van der Waals surface area contributed by atoms with Crippen molar-refractivity contribution in [3.05, 3.63) is 100 Å². The van der Waals surface area contributed by atoms with Crippen LogP contribution in [0.3, 0.4) is 0 Å². The number of aryl methyl sites for hydroxylation is 3. The maximum Gasteiger partial charge on any atom is 0.339 e. The number of benzene rings is 3. The van der Waals surface area contributed by atoms with Gasteiger partial charge in [0, 0.05) is 23.9 Å². The number of rotatable bonds is 8. The van der Waals surface area contributed by atoms with Gasteiger partial charge >= 0.3 is 5.97 Å². The molecule has 0 aromatic heterocycles. The van der Waals surface area contributed by atoms with Crippen LogP contribution in [0.5, 0.6) is 0 Å². The van der Waals surface area contributed by atoms with Crippen molar-refractivity contribution in [2.45, 2.75) is 20.8 Å². The number of esters is 1. The first-order valence-electron chi connectivity index (χ1n) is 11.1. The molecule has 0 saturated carbocycles. The summed E-state index contributed by atoms with van der Waals surface area (Å²) < 4.78 is 5.19. The average Bonchev–Trinajstić information content (AvgIpc) is 2.84. The molecule has 0 fully saturated rings. The maximum atomic E-state index is 13.2. The third kappa shape index (κ3) is 6.63. The number of carbonyl (C=O) groups excluding carboxylic acids is 4. The highest BCUT2D eigenvalue weighted by atomic mass is 16.5. The zero-order valence-electron chi connectivity index (χ0n) is 20.3. The molecule has 0 heterocycles. The molecule has 3 aromatic carbocycles. The minimum atomic E-state index is -0.787. The molecule has 0 spiro atoms. The van der Waals surface area contributed by atoms with Crippen molar-refractivity contribution in [1.82, 2.24) is 4.90 Å². The Labute approximate surface area is 204 Å². The fraction of sp³-hybridized carbons (Fsp3) is 0.214. The van der Waals surface area contributed by atoms with Gasteiger partial charge in [-0.3, -0.25) is 14.4 Å². The van der Waals surface area contributed by atoms with Crippen molar-refractivity contribution in [1.29, 1.82) is 0 Å². The minimum Gasteiger partial charge on any atom is -0.452 e. The second-order valence-electron chi connectivity index (χ2n) is 8.43. The van der Waals surface area contributed by atoms with E-state index in [4.69, 9.17) is 4.74 Å². The molecule has 1 N–H and O–H groups in total. The lowest BCUT2D eigenvalue weighted by molar-refractivity contribution is -0.136. The lowest BCUT2D eigenvalue weighted by atomic mass is 9.94. The number of ether oxygens (including phenoxy) is 1. The third-order valence-corrected chi connectivity index (χ3v) is 5.50. The van der Waals surface area contributed by atoms with Crippen LogP contribution in [0.15, 0.2) is 66.7 Å². The van der Waals surface area contributed by atoms with E-state index < -0.39 is 18.5 Å². The first kappa shape index (κ1) is 25.4. The Morgan fingerprint density at radius 2 is 1.43 bits per heavy atom. The molecule has 2 amide bonds. The molecule has 0 aliphatic heterocycles. The minimum absolute atomic E-state index is 0.0750. The van der Waals surface area contributed by atoms with Crippen molar-refractivity contribution in [3.8, 4) is 0 Å². The number of ketones is 1. The molecule has 3 rings (SSSR count). The Hall–Kier alpha value is -4.26. The van der Waals surface area contributed by atoms with Crippen LogP contribution in [0.25, 0.3) is 0 Å². The fourth-order valence-electron chi connectivity index (χ4n) is 3.44. The number of carbonyl (C=O) groups is 4. The zero-order valence-corrected chi connectivity index (χ0v) is 20.3. The van der Waals surface area contributed by atoms with Gasteiger partial charge in [-0.05, 0) is 50.6 Å². The van der Waals surface area contributed by atoms with E-state index in [1.807, 2.05) is 45.0 Å². The van der Waals surface area contributed by atoms with E-state index in [-0.39, 0.29) is 29.4 Å². The van der Waals surface area contributed by atoms with Crippen molar-refractivity contribution in [2.24, 2.45) is 0 Å². The summed E-state index contributed by atoms with van der Waals surface area (Å²) in [6, 6.07) is 19.2. The van der Waals surface area contributed by atoms with E-state index in [0.29, 0.717) is 11.3 Å². The van der Waals surface area contributed by atoms with Crippen molar-refractivity contribution in [3.63, 3.8) is 0 Å². The van der Waals surface area contributed by atoms with Crippen molar-refractivity contribution >= 4 is 29.3 Å². The van der Waals surface area contributed by atoms with Crippen LogP contribution in [-0.2, 0) is 14.3 Å². The Morgan fingerprint density at radius 1 is 0.800 bits per heavy atom. The van der Waals surface area contributed by atoms with Crippen LogP contribution >= 0.6 is 0 Å². The number of amides is 2. The number of hydrogen-bond donors (Lipinski definition) is 1. The van der Waals surface area contributed by atoms with Crippen LogP contribution in [0.2, 0.25) is 0 Å². The van der Waals surface area contributed by atoms with Crippen molar-refractivity contribution < 1.29 is 23.9 Å². The highest BCUT2D eigenvalue weighted by molar-refractivity contribution is 6.15. The van der Waals surface area contributed by atoms with Crippen LogP contribution in [-0.4, -0.2) is 48.7 Å². The van der Waals surface area contributed by atoms with Gasteiger partial charge in [0.15, 0.2) is 12.4 Å². The van der Waals surface area contributed by atoms with Gasteiger partial charge in [0.25, 0.3) is 5.91 Å². The predicted octanol–water partition coefficient (Wildman–Crippen LogP) is 4.10. The number of anilines is 1. The maximum absolute atomic E-state index is 13.2. The van der Waals surface area contributed by atoms with Gasteiger partial charge in [-0.15, -0.1) is 0 Å². The standard InChI is InChI=1S/C28H28N2O5/c1-18-10-13-21(14-11-18)29-25(31)16-30(4)26(32)17-35-28(34)23-8-6-5-7-22(23)27(33)24-15-19(2)9-12-20(24)3/h5-15H,16-17H2,1-4H3,(H,29,31). The Kier molecular flexibility index (Phi) is 8.15. The summed E-state index contributed by atoms with van der Waals surface area (Å²) in [6.07, 6.45) is 0. The molecule has 7 nitrogen and oxygen atoms in total. The zero-order chi connectivity index (χ0) is 25.5. The summed E-state index contributed by atoms with van der Waals surface area (Å²) >= 11 is 0. The molecule has 0 saturated heterocycles. The van der Waals surface area contributed by atoms with E-state index in [1.165, 1.54) is 18.0 Å². The second kappa shape index (κ2) is 11.2. The highest BCUT2D eigenvalue weighted by Gasteiger charge is 2.22. The summed E-state index contributed by atoms with van der Waals surface area (Å²) in [4.78, 5) is 51.7. The Morgan fingerprint density at radius 3 is 2.11 bits per heavy atom. The molecule has 0 unspecified atom stereocenters. The van der Waals surface area contributed by atoms with Gasteiger partial charge in [0.2, 0.25) is 5.91 Å². The monoisotopic (exact) mass is 472 g/mol. The van der Waals surface area contributed by atoms with E-state index in [2.05, 4.69) is 5.32 Å². The molecule has 0 atom stereocenters. The number of likely N-dealkylation sites (N-methyl/N-ethyl adjacent to an activating group) is 1. The van der Waals surface area contributed by atoms with Crippen LogP contribution in [0.4, 0.5) is 5.69 Å². The Balaban J connectivity index is 1.61. The molecule has 0 aliphatic rings. The fourth-order valence-corrected chi connectivity index (χ4v) is 3.44. The Bertz CT molecular complexity index is 1260. The molecule has 180 valence electrons. The summed E-state index contributed by atoms with van der Waals surface area (Å²) in [5.74, 6) is -2.00. The quantitative estimate of drug-likeness (QED) is 0.394. The number of nitrogens with one attached hydrogen (secondary N) is 1. The molecular weight excluding hydrogens is 444 g/mol. The topological polar surface area (TPSA) is 92.8 Å². The van der Waals surface area contributed by atoms with Gasteiger partial charge in [-0.1, -0.05) is 53.6 Å². The molecule has 35 heavy (non-hydrogen) atoms. The van der Waals surface area contributed by atoms with E-state index in [0.717, 1.165) is 16.7 Å². The summed E-state index contributed by atoms with van der Waals surface area (Å²) in [5, 5.41) is 2.71. The number of hydrogen-bond acceptors (Lipinski definition) is 5. The average molecular weight is 473 g/mol.